The van der Waals surface area contributed by atoms with Crippen molar-refractivity contribution in [2.75, 3.05) is 6.79 Å². The van der Waals surface area contributed by atoms with Crippen molar-refractivity contribution in [2.24, 2.45) is 0 Å². The summed E-state index contributed by atoms with van der Waals surface area (Å²) in [6.45, 7) is 0.289. The summed E-state index contributed by atoms with van der Waals surface area (Å²) >= 11 is 5.13. The number of nitrogens with zero attached hydrogens (tertiary/aromatic N) is 1. The number of hydrogen-bond donors (Lipinski definition) is 1. The Morgan fingerprint density at radius 2 is 2.13 bits per heavy atom. The van der Waals surface area contributed by atoms with Gasteiger partial charge in [0.05, 0.1) is 5.69 Å². The number of rotatable bonds is 1. The maximum absolute atomic E-state index is 5.30. The van der Waals surface area contributed by atoms with Crippen molar-refractivity contribution in [1.82, 2.24) is 9.55 Å². The van der Waals surface area contributed by atoms with Gasteiger partial charge in [-0.05, 0) is 24.4 Å². The summed E-state index contributed by atoms with van der Waals surface area (Å²) in [4.78, 5) is 2.94. The number of imidazole rings is 1. The number of aromatic nitrogens is 2. The molecule has 1 aromatic heterocycles. The maximum Gasteiger partial charge on any atom is 0.231 e. The van der Waals surface area contributed by atoms with E-state index in [2.05, 4.69) is 4.98 Å². The van der Waals surface area contributed by atoms with Crippen LogP contribution < -0.4 is 9.47 Å². The summed E-state index contributed by atoms with van der Waals surface area (Å²) in [5.41, 5.74) is 0.963. The molecule has 1 aliphatic rings. The molecule has 0 fully saturated rings. The van der Waals surface area contributed by atoms with E-state index in [4.69, 9.17) is 21.7 Å². The minimum atomic E-state index is 0.289. The van der Waals surface area contributed by atoms with E-state index in [0.29, 0.717) is 4.77 Å². The number of hydrogen-bond acceptors (Lipinski definition) is 3. The lowest BCUT2D eigenvalue weighted by Gasteiger charge is -2.03. The van der Waals surface area contributed by atoms with Crippen LogP contribution in [0.3, 0.4) is 0 Å². The highest BCUT2D eigenvalue weighted by Gasteiger charge is 2.13. The first-order valence-corrected chi connectivity index (χ1v) is 4.91. The number of aromatic amines is 1. The van der Waals surface area contributed by atoms with E-state index in [9.17, 15) is 0 Å². The molecular formula is C10H8N2O2S. The first-order chi connectivity index (χ1) is 7.34. The molecule has 76 valence electrons. The van der Waals surface area contributed by atoms with Crippen LogP contribution >= 0.6 is 12.2 Å². The molecule has 0 atom stereocenters. The minimum Gasteiger partial charge on any atom is -0.454 e. The van der Waals surface area contributed by atoms with Crippen LogP contribution in [0.2, 0.25) is 0 Å². The van der Waals surface area contributed by atoms with E-state index in [1.807, 2.05) is 29.0 Å². The molecule has 0 amide bonds. The third-order valence-electron chi connectivity index (χ3n) is 2.28. The average Bonchev–Trinajstić information content (AvgIpc) is 2.84. The fraction of sp³-hybridized carbons (Fsp3) is 0.100. The molecule has 1 aliphatic heterocycles. The van der Waals surface area contributed by atoms with Crippen LogP contribution in [-0.4, -0.2) is 16.3 Å². The molecule has 0 saturated heterocycles. The van der Waals surface area contributed by atoms with E-state index < -0.39 is 0 Å². The summed E-state index contributed by atoms with van der Waals surface area (Å²) in [5.74, 6) is 1.54. The predicted octanol–water partition coefficient (Wildman–Crippen LogP) is 2.26. The molecule has 1 N–H and O–H groups in total. The predicted molar refractivity (Wildman–Crippen MR) is 57.1 cm³/mol. The van der Waals surface area contributed by atoms with Crippen molar-refractivity contribution < 1.29 is 9.47 Å². The van der Waals surface area contributed by atoms with Gasteiger partial charge in [-0.15, -0.1) is 0 Å². The summed E-state index contributed by atoms with van der Waals surface area (Å²) in [5, 5.41) is 0. The first-order valence-electron chi connectivity index (χ1n) is 4.51. The van der Waals surface area contributed by atoms with Gasteiger partial charge in [-0.3, -0.25) is 4.57 Å². The molecule has 0 aliphatic carbocycles. The van der Waals surface area contributed by atoms with Gasteiger partial charge in [0.25, 0.3) is 0 Å². The Morgan fingerprint density at radius 3 is 2.93 bits per heavy atom. The third-order valence-corrected chi connectivity index (χ3v) is 2.60. The molecule has 4 nitrogen and oxygen atoms in total. The van der Waals surface area contributed by atoms with Crippen molar-refractivity contribution in [2.45, 2.75) is 0 Å². The Morgan fingerprint density at radius 1 is 1.27 bits per heavy atom. The maximum atomic E-state index is 5.30. The number of benzene rings is 1. The SMILES string of the molecule is S=c1[nH]ccn1-c1ccc2c(c1)OCO2. The lowest BCUT2D eigenvalue weighted by atomic mass is 10.3. The lowest BCUT2D eigenvalue weighted by molar-refractivity contribution is 0.174. The second-order valence-corrected chi connectivity index (χ2v) is 3.56. The summed E-state index contributed by atoms with van der Waals surface area (Å²) < 4.78 is 13.1. The first kappa shape index (κ1) is 8.55. The van der Waals surface area contributed by atoms with Crippen molar-refractivity contribution in [3.63, 3.8) is 0 Å². The van der Waals surface area contributed by atoms with Crippen LogP contribution in [0.25, 0.3) is 5.69 Å². The topological polar surface area (TPSA) is 39.2 Å². The Labute approximate surface area is 91.1 Å². The normalized spacial score (nSPS) is 13.1. The molecule has 0 spiro atoms. The van der Waals surface area contributed by atoms with E-state index in [0.717, 1.165) is 17.2 Å². The van der Waals surface area contributed by atoms with Crippen LogP contribution in [0.4, 0.5) is 0 Å². The number of nitrogens with one attached hydrogen (secondary N) is 1. The third kappa shape index (κ3) is 1.32. The second kappa shape index (κ2) is 3.13. The minimum absolute atomic E-state index is 0.289. The molecule has 5 heteroatoms. The van der Waals surface area contributed by atoms with Gasteiger partial charge in [0, 0.05) is 18.5 Å². The van der Waals surface area contributed by atoms with Crippen molar-refractivity contribution in [3.05, 3.63) is 35.4 Å². The highest BCUT2D eigenvalue weighted by molar-refractivity contribution is 7.71. The molecular weight excluding hydrogens is 212 g/mol. The van der Waals surface area contributed by atoms with Crippen LogP contribution in [-0.2, 0) is 0 Å². The molecule has 3 rings (SSSR count). The standard InChI is InChI=1S/C10H8N2O2S/c15-10-11-3-4-12(10)7-1-2-8-9(5-7)14-6-13-8/h1-5H,6H2,(H,11,15). The Hall–Kier alpha value is -1.75. The quantitative estimate of drug-likeness (QED) is 0.749. The van der Waals surface area contributed by atoms with Gasteiger partial charge < -0.3 is 14.5 Å². The smallest absolute Gasteiger partial charge is 0.231 e. The van der Waals surface area contributed by atoms with Gasteiger partial charge in [0.15, 0.2) is 16.3 Å². The Kier molecular flexibility index (Phi) is 1.78. The highest BCUT2D eigenvalue weighted by Crippen LogP contribution is 2.33. The van der Waals surface area contributed by atoms with Gasteiger partial charge in [-0.1, -0.05) is 0 Å². The Bertz CT molecular complexity index is 559. The van der Waals surface area contributed by atoms with Crippen molar-refractivity contribution >= 4 is 12.2 Å². The monoisotopic (exact) mass is 220 g/mol. The van der Waals surface area contributed by atoms with E-state index in [1.54, 1.807) is 6.20 Å². The van der Waals surface area contributed by atoms with Crippen LogP contribution in [0.1, 0.15) is 0 Å². The summed E-state index contributed by atoms with van der Waals surface area (Å²) in [6.07, 6.45) is 3.67. The van der Waals surface area contributed by atoms with Gasteiger partial charge >= 0.3 is 0 Å². The van der Waals surface area contributed by atoms with Crippen LogP contribution in [0, 0.1) is 4.77 Å². The zero-order valence-corrected chi connectivity index (χ0v) is 8.58. The van der Waals surface area contributed by atoms with Crippen molar-refractivity contribution in [3.8, 4) is 17.2 Å². The van der Waals surface area contributed by atoms with E-state index in [-0.39, 0.29) is 6.79 Å². The molecule has 2 aromatic rings. The number of ether oxygens (including phenoxy) is 2. The fourth-order valence-corrected chi connectivity index (χ4v) is 1.79. The molecule has 15 heavy (non-hydrogen) atoms. The molecule has 2 heterocycles. The molecule has 0 bridgehead atoms. The molecule has 0 unspecified atom stereocenters. The molecule has 0 radical (unpaired) electrons. The zero-order chi connectivity index (χ0) is 10.3. The fourth-order valence-electron chi connectivity index (χ4n) is 1.56. The van der Waals surface area contributed by atoms with Gasteiger partial charge in [0.1, 0.15) is 0 Å². The summed E-state index contributed by atoms with van der Waals surface area (Å²) in [6, 6.07) is 5.73. The largest absolute Gasteiger partial charge is 0.454 e. The van der Waals surface area contributed by atoms with E-state index >= 15 is 0 Å². The summed E-state index contributed by atoms with van der Waals surface area (Å²) in [7, 11) is 0. The van der Waals surface area contributed by atoms with Crippen LogP contribution in [0.5, 0.6) is 11.5 Å². The van der Waals surface area contributed by atoms with Crippen molar-refractivity contribution in [1.29, 1.82) is 0 Å². The van der Waals surface area contributed by atoms with Gasteiger partial charge in [-0.25, -0.2) is 0 Å². The highest BCUT2D eigenvalue weighted by atomic mass is 32.1. The number of fused-ring (bicyclic) bond motifs is 1. The molecule has 0 saturated carbocycles. The van der Waals surface area contributed by atoms with Crippen LogP contribution in [0.15, 0.2) is 30.6 Å². The second-order valence-electron chi connectivity index (χ2n) is 3.17. The Balaban J connectivity index is 2.15. The average molecular weight is 220 g/mol. The van der Waals surface area contributed by atoms with Gasteiger partial charge in [0.2, 0.25) is 6.79 Å². The zero-order valence-electron chi connectivity index (χ0n) is 7.77. The lowest BCUT2D eigenvalue weighted by Crippen LogP contribution is -1.93. The molecule has 1 aromatic carbocycles. The van der Waals surface area contributed by atoms with Gasteiger partial charge in [-0.2, -0.15) is 0 Å². The number of H-pyrrole nitrogens is 1. The van der Waals surface area contributed by atoms with E-state index in [1.165, 1.54) is 0 Å².